The molecule has 0 heterocycles. The molecule has 94 valence electrons. The minimum atomic E-state index is -0.310. The van der Waals surface area contributed by atoms with E-state index in [0.29, 0.717) is 24.5 Å². The molecule has 2 aromatic rings. The van der Waals surface area contributed by atoms with E-state index in [1.54, 1.807) is 0 Å². The summed E-state index contributed by atoms with van der Waals surface area (Å²) < 4.78 is 18.5. The lowest BCUT2D eigenvalue weighted by molar-refractivity contribution is 0.333. The van der Waals surface area contributed by atoms with Crippen molar-refractivity contribution < 1.29 is 9.13 Å². The van der Waals surface area contributed by atoms with Gasteiger partial charge in [0.1, 0.15) is 18.2 Å². The molecule has 0 bridgehead atoms. The van der Waals surface area contributed by atoms with Crippen molar-refractivity contribution in [2.75, 3.05) is 24.2 Å². The number of anilines is 2. The van der Waals surface area contributed by atoms with E-state index in [4.69, 9.17) is 10.5 Å². The summed E-state index contributed by atoms with van der Waals surface area (Å²) in [5.41, 5.74) is 6.83. The lowest BCUT2D eigenvalue weighted by Crippen LogP contribution is -2.12. The maximum Gasteiger partial charge on any atom is 0.125 e. The number of ether oxygens (including phenoxy) is 1. The van der Waals surface area contributed by atoms with Crippen LogP contribution in [-0.4, -0.2) is 13.2 Å². The van der Waals surface area contributed by atoms with Gasteiger partial charge in [0, 0.05) is 6.54 Å². The van der Waals surface area contributed by atoms with Crippen molar-refractivity contribution in [3.63, 3.8) is 0 Å². The summed E-state index contributed by atoms with van der Waals surface area (Å²) in [5, 5.41) is 3.03. The number of hydrogen-bond donors (Lipinski definition) is 2. The molecule has 2 rings (SSSR count). The van der Waals surface area contributed by atoms with Gasteiger partial charge in [-0.15, -0.1) is 0 Å². The van der Waals surface area contributed by atoms with Crippen LogP contribution in [0.3, 0.4) is 0 Å². The molecule has 0 aromatic heterocycles. The zero-order valence-electron chi connectivity index (χ0n) is 9.90. The van der Waals surface area contributed by atoms with E-state index in [1.165, 1.54) is 18.2 Å². The van der Waals surface area contributed by atoms with Crippen molar-refractivity contribution in [2.45, 2.75) is 0 Å². The number of benzene rings is 2. The maximum absolute atomic E-state index is 13.0. The highest BCUT2D eigenvalue weighted by atomic mass is 19.1. The third-order valence-electron chi connectivity index (χ3n) is 2.44. The van der Waals surface area contributed by atoms with Crippen LogP contribution in [0.4, 0.5) is 15.8 Å². The molecule has 0 amide bonds. The first-order valence-corrected chi connectivity index (χ1v) is 5.72. The van der Waals surface area contributed by atoms with Gasteiger partial charge in [-0.25, -0.2) is 4.39 Å². The number of rotatable bonds is 5. The van der Waals surface area contributed by atoms with Gasteiger partial charge in [0.2, 0.25) is 0 Å². The van der Waals surface area contributed by atoms with Crippen LogP contribution < -0.4 is 15.8 Å². The second-order valence-corrected chi connectivity index (χ2v) is 3.82. The molecule has 0 unspecified atom stereocenters. The predicted octanol–water partition coefficient (Wildman–Crippen LogP) is 2.90. The maximum atomic E-state index is 13.0. The summed E-state index contributed by atoms with van der Waals surface area (Å²) in [4.78, 5) is 0. The lowest BCUT2D eigenvalue weighted by Gasteiger charge is -2.10. The average Bonchev–Trinajstić information content (AvgIpc) is 2.40. The molecule has 0 aliphatic heterocycles. The number of halogens is 1. The first-order chi connectivity index (χ1) is 8.75. The third-order valence-corrected chi connectivity index (χ3v) is 2.44. The number of hydrogen-bond acceptors (Lipinski definition) is 3. The number of nitrogens with two attached hydrogens (primary N) is 1. The molecule has 0 radical (unpaired) electrons. The summed E-state index contributed by atoms with van der Waals surface area (Å²) in [7, 11) is 0. The Morgan fingerprint density at radius 1 is 1.11 bits per heavy atom. The molecule has 0 fully saturated rings. The Morgan fingerprint density at radius 3 is 2.67 bits per heavy atom. The fourth-order valence-electron chi connectivity index (χ4n) is 1.55. The quantitative estimate of drug-likeness (QED) is 0.630. The van der Waals surface area contributed by atoms with Crippen molar-refractivity contribution in [3.05, 3.63) is 54.3 Å². The Labute approximate surface area is 105 Å². The number of nitrogens with one attached hydrogen (secondary N) is 1. The Kier molecular flexibility index (Phi) is 4.02. The minimum absolute atomic E-state index is 0.310. The highest BCUT2D eigenvalue weighted by molar-refractivity contribution is 5.65. The molecule has 3 N–H and O–H groups in total. The first-order valence-electron chi connectivity index (χ1n) is 5.72. The van der Waals surface area contributed by atoms with Gasteiger partial charge in [-0.1, -0.05) is 18.2 Å². The Balaban J connectivity index is 1.80. The molecule has 18 heavy (non-hydrogen) atoms. The molecule has 0 atom stereocenters. The molecule has 0 saturated carbocycles. The summed E-state index contributed by atoms with van der Waals surface area (Å²) in [6, 6.07) is 13.8. The standard InChI is InChI=1S/C14H15FN2O/c15-11-6-7-13(16)14(10-11)17-8-9-18-12-4-2-1-3-5-12/h1-7,10,17H,8-9,16H2. The van der Waals surface area contributed by atoms with Crippen LogP contribution in [-0.2, 0) is 0 Å². The van der Waals surface area contributed by atoms with Gasteiger partial charge in [0.05, 0.1) is 11.4 Å². The second-order valence-electron chi connectivity index (χ2n) is 3.82. The molecular formula is C14H15FN2O. The van der Waals surface area contributed by atoms with Gasteiger partial charge in [-0.2, -0.15) is 0 Å². The van der Waals surface area contributed by atoms with Crippen LogP contribution in [0.25, 0.3) is 0 Å². The fourth-order valence-corrected chi connectivity index (χ4v) is 1.55. The van der Waals surface area contributed by atoms with Gasteiger partial charge in [-0.05, 0) is 30.3 Å². The van der Waals surface area contributed by atoms with E-state index < -0.39 is 0 Å². The molecule has 0 spiro atoms. The molecule has 2 aromatic carbocycles. The van der Waals surface area contributed by atoms with Crippen LogP contribution in [0, 0.1) is 5.82 Å². The third kappa shape index (κ3) is 3.38. The van der Waals surface area contributed by atoms with Crippen LogP contribution in [0.15, 0.2) is 48.5 Å². The van der Waals surface area contributed by atoms with Gasteiger partial charge < -0.3 is 15.8 Å². The Morgan fingerprint density at radius 2 is 1.89 bits per heavy atom. The van der Waals surface area contributed by atoms with Gasteiger partial charge in [0.25, 0.3) is 0 Å². The van der Waals surface area contributed by atoms with E-state index >= 15 is 0 Å². The molecule has 0 aliphatic carbocycles. The first kappa shape index (κ1) is 12.2. The number of nitrogen functional groups attached to an aromatic ring is 1. The summed E-state index contributed by atoms with van der Waals surface area (Å²) in [6.45, 7) is 1.04. The van der Waals surface area contributed by atoms with E-state index in [2.05, 4.69) is 5.32 Å². The molecule has 0 saturated heterocycles. The van der Waals surface area contributed by atoms with Crippen LogP contribution >= 0.6 is 0 Å². The highest BCUT2D eigenvalue weighted by Crippen LogP contribution is 2.18. The van der Waals surface area contributed by atoms with Crippen LogP contribution in [0.5, 0.6) is 5.75 Å². The zero-order valence-corrected chi connectivity index (χ0v) is 9.90. The van der Waals surface area contributed by atoms with Crippen molar-refractivity contribution in [3.8, 4) is 5.75 Å². The smallest absolute Gasteiger partial charge is 0.125 e. The fraction of sp³-hybridized carbons (Fsp3) is 0.143. The number of para-hydroxylation sites is 1. The second kappa shape index (κ2) is 5.91. The van der Waals surface area contributed by atoms with Gasteiger partial charge in [0.15, 0.2) is 0 Å². The van der Waals surface area contributed by atoms with Crippen molar-refractivity contribution in [2.24, 2.45) is 0 Å². The predicted molar refractivity (Wildman–Crippen MR) is 71.2 cm³/mol. The van der Waals surface area contributed by atoms with E-state index in [1.807, 2.05) is 30.3 Å². The molecule has 3 nitrogen and oxygen atoms in total. The summed E-state index contributed by atoms with van der Waals surface area (Å²) >= 11 is 0. The van der Waals surface area contributed by atoms with Gasteiger partial charge in [-0.3, -0.25) is 0 Å². The largest absolute Gasteiger partial charge is 0.492 e. The van der Waals surface area contributed by atoms with E-state index in [-0.39, 0.29) is 5.82 Å². The SMILES string of the molecule is Nc1ccc(F)cc1NCCOc1ccccc1. The monoisotopic (exact) mass is 246 g/mol. The van der Waals surface area contributed by atoms with Crippen LogP contribution in [0.1, 0.15) is 0 Å². The minimum Gasteiger partial charge on any atom is -0.492 e. The summed E-state index contributed by atoms with van der Waals surface area (Å²) in [5.74, 6) is 0.502. The van der Waals surface area contributed by atoms with Crippen molar-refractivity contribution >= 4 is 11.4 Å². The molecule has 4 heteroatoms. The zero-order chi connectivity index (χ0) is 12.8. The van der Waals surface area contributed by atoms with Crippen LogP contribution in [0.2, 0.25) is 0 Å². The molecular weight excluding hydrogens is 231 g/mol. The summed E-state index contributed by atoms with van der Waals surface area (Å²) in [6.07, 6.45) is 0. The Hall–Kier alpha value is -2.23. The lowest BCUT2D eigenvalue weighted by atomic mass is 10.2. The van der Waals surface area contributed by atoms with E-state index in [0.717, 1.165) is 5.75 Å². The Bertz CT molecular complexity index is 502. The average molecular weight is 246 g/mol. The van der Waals surface area contributed by atoms with Crippen molar-refractivity contribution in [1.82, 2.24) is 0 Å². The normalized spacial score (nSPS) is 10.1. The highest BCUT2D eigenvalue weighted by Gasteiger charge is 2.00. The van der Waals surface area contributed by atoms with E-state index in [9.17, 15) is 4.39 Å². The topological polar surface area (TPSA) is 47.3 Å². The van der Waals surface area contributed by atoms with Gasteiger partial charge >= 0.3 is 0 Å². The molecule has 0 aliphatic rings. The van der Waals surface area contributed by atoms with Crippen molar-refractivity contribution in [1.29, 1.82) is 0 Å².